The fourth-order valence-corrected chi connectivity index (χ4v) is 6.33. The Kier molecular flexibility index (Phi) is 18.0. The van der Waals surface area contributed by atoms with Crippen molar-refractivity contribution in [3.63, 3.8) is 0 Å². The van der Waals surface area contributed by atoms with Crippen molar-refractivity contribution in [1.29, 1.82) is 0 Å². The van der Waals surface area contributed by atoms with Crippen LogP contribution in [0.3, 0.4) is 0 Å². The number of benzene rings is 5. The van der Waals surface area contributed by atoms with E-state index in [1.165, 1.54) is 30.3 Å². The third kappa shape index (κ3) is 15.1. The number of amides is 2. The highest BCUT2D eigenvalue weighted by Crippen LogP contribution is 2.31. The summed E-state index contributed by atoms with van der Waals surface area (Å²) in [4.78, 5) is 35.2. The third-order valence-corrected chi connectivity index (χ3v) is 9.50. The summed E-state index contributed by atoms with van der Waals surface area (Å²) < 4.78 is 34.8. The molecule has 0 aromatic heterocycles. The number of hydrogen-bond acceptors (Lipinski definition) is 9. The second kappa shape index (κ2) is 22.4. The number of nitrogens with one attached hydrogen (secondary N) is 4. The molecular weight excluding hydrogens is 1010 g/mol. The smallest absolute Gasteiger partial charge is 0.276 e. The first kappa shape index (κ1) is 45.9. The zero-order valence-electron chi connectivity index (χ0n) is 30.4. The van der Waals surface area contributed by atoms with Gasteiger partial charge in [0.2, 0.25) is 0 Å². The van der Waals surface area contributed by atoms with Crippen molar-refractivity contribution in [2.75, 3.05) is 37.1 Å². The van der Waals surface area contributed by atoms with E-state index in [9.17, 15) is 28.6 Å². The van der Waals surface area contributed by atoms with E-state index in [4.69, 9.17) is 37.6 Å². The molecule has 302 valence electrons. The van der Waals surface area contributed by atoms with Gasteiger partial charge in [0, 0.05) is 12.6 Å². The predicted molar refractivity (Wildman–Crippen MR) is 233 cm³/mol. The maximum atomic E-state index is 13.8. The van der Waals surface area contributed by atoms with Gasteiger partial charge in [-0.25, -0.2) is 19.7 Å². The molecular formula is C40H38Cl2F2I2N4O7. The van der Waals surface area contributed by atoms with Crippen LogP contribution in [0, 0.1) is 24.2 Å². The van der Waals surface area contributed by atoms with Crippen molar-refractivity contribution in [1.82, 2.24) is 11.0 Å². The molecule has 6 N–H and O–H groups in total. The number of ether oxygens (including phenoxy) is 1. The Labute approximate surface area is 365 Å². The number of aliphatic hydroxyl groups is 2. The fourth-order valence-electron chi connectivity index (χ4n) is 4.52. The number of para-hydroxylation sites is 1. The van der Waals surface area contributed by atoms with Gasteiger partial charge >= 0.3 is 0 Å². The quantitative estimate of drug-likeness (QED) is 0.0420. The van der Waals surface area contributed by atoms with Crippen molar-refractivity contribution >= 4 is 103 Å². The summed E-state index contributed by atoms with van der Waals surface area (Å²) in [6, 6.07) is 27.1. The van der Waals surface area contributed by atoms with Gasteiger partial charge in [0.05, 0.1) is 57.1 Å². The van der Waals surface area contributed by atoms with E-state index in [-0.39, 0.29) is 48.9 Å². The Hall–Kier alpha value is -3.82. The summed E-state index contributed by atoms with van der Waals surface area (Å²) in [7, 11) is 0. The molecule has 11 nitrogen and oxygen atoms in total. The van der Waals surface area contributed by atoms with Crippen LogP contribution in [-0.4, -0.2) is 54.6 Å². The van der Waals surface area contributed by atoms with Gasteiger partial charge in [0.1, 0.15) is 36.7 Å². The van der Waals surface area contributed by atoms with Crippen molar-refractivity contribution in [3.05, 3.63) is 143 Å². The number of aliphatic hydroxyl groups excluding tert-OH is 2. The average Bonchev–Trinajstić information content (AvgIpc) is 3.17. The molecule has 0 aliphatic heterocycles. The van der Waals surface area contributed by atoms with Crippen LogP contribution in [0.15, 0.2) is 103 Å². The average molecular weight is 1050 g/mol. The molecule has 0 spiro atoms. The van der Waals surface area contributed by atoms with E-state index >= 15 is 0 Å². The third-order valence-electron chi connectivity index (χ3n) is 7.54. The van der Waals surface area contributed by atoms with Crippen LogP contribution in [0.1, 0.15) is 34.6 Å². The van der Waals surface area contributed by atoms with Crippen LogP contribution < -0.4 is 26.3 Å². The van der Waals surface area contributed by atoms with Gasteiger partial charge in [-0.1, -0.05) is 55.2 Å². The topological polar surface area (TPSA) is 150 Å². The lowest BCUT2D eigenvalue weighted by molar-refractivity contribution is -0.0259. The van der Waals surface area contributed by atoms with Crippen molar-refractivity contribution < 1.29 is 43.0 Å². The molecule has 0 bridgehead atoms. The van der Waals surface area contributed by atoms with Gasteiger partial charge in [-0.05, 0) is 130 Å². The number of anilines is 4. The molecule has 5 aromatic rings. The van der Waals surface area contributed by atoms with E-state index in [0.717, 1.165) is 13.2 Å². The Morgan fingerprint density at radius 1 is 0.702 bits per heavy atom. The number of carbonyl (C=O) groups excluding carboxylic acids is 2. The highest BCUT2D eigenvalue weighted by atomic mass is 127. The highest BCUT2D eigenvalue weighted by Gasteiger charge is 2.20. The normalized spacial score (nSPS) is 11.5. The molecule has 0 saturated carbocycles. The molecule has 0 aliphatic rings. The van der Waals surface area contributed by atoms with Crippen LogP contribution in [0.25, 0.3) is 0 Å². The zero-order chi connectivity index (χ0) is 41.5. The van der Waals surface area contributed by atoms with E-state index < -0.39 is 35.0 Å². The fraction of sp³-hybridized carbons (Fsp3) is 0.200. The molecule has 0 aliphatic carbocycles. The van der Waals surface area contributed by atoms with E-state index in [1.807, 2.05) is 30.3 Å². The maximum Gasteiger partial charge on any atom is 0.276 e. The van der Waals surface area contributed by atoms with Gasteiger partial charge in [0.15, 0.2) is 0 Å². The standard InChI is InChI=1S/C22H19ClFIN2O4.C18H19ClFIN2O3/c23-19-11-15(25)7-9-20(19)26-21-10-14(24)6-8-18(21)22(29)27-31-13-16(28)12-30-17-4-2-1-3-5-17;1-18(2,9-24)10-26-23-17(25)13-5-3-11(20)7-16(13)22-15-6-4-12(21)8-14(15)19/h1-11,16,26,28H,12-13H2,(H,27,29);3-8,22,24H,9-10H2,1-2H3,(H,23,25). The minimum atomic E-state index is -0.961. The number of hydroxylamine groups is 2. The maximum absolute atomic E-state index is 13.8. The number of halogens is 6. The Morgan fingerprint density at radius 3 is 1.67 bits per heavy atom. The second-order valence-corrected chi connectivity index (χ2v) is 16.2. The highest BCUT2D eigenvalue weighted by molar-refractivity contribution is 14.1. The molecule has 0 saturated heterocycles. The van der Waals surface area contributed by atoms with E-state index in [0.29, 0.717) is 27.2 Å². The first-order valence-electron chi connectivity index (χ1n) is 17.0. The lowest BCUT2D eigenvalue weighted by Gasteiger charge is -2.21. The first-order chi connectivity index (χ1) is 27.1. The predicted octanol–water partition coefficient (Wildman–Crippen LogP) is 9.44. The summed E-state index contributed by atoms with van der Waals surface area (Å²) in [5.74, 6) is -1.55. The van der Waals surface area contributed by atoms with Gasteiger partial charge in [-0.2, -0.15) is 0 Å². The lowest BCUT2D eigenvalue weighted by Crippen LogP contribution is -2.32. The molecule has 0 heterocycles. The van der Waals surface area contributed by atoms with Gasteiger partial charge < -0.3 is 25.6 Å². The molecule has 5 rings (SSSR count). The Balaban J connectivity index is 0.000000257. The molecule has 5 aromatic carbocycles. The lowest BCUT2D eigenvalue weighted by atomic mass is 9.97. The monoisotopic (exact) mass is 1050 g/mol. The minimum Gasteiger partial charge on any atom is -0.491 e. The van der Waals surface area contributed by atoms with Crippen LogP contribution in [0.5, 0.6) is 5.75 Å². The molecule has 2 amide bonds. The van der Waals surface area contributed by atoms with Crippen molar-refractivity contribution in [2.24, 2.45) is 5.41 Å². The molecule has 17 heteroatoms. The van der Waals surface area contributed by atoms with E-state index in [1.54, 1.807) is 50.2 Å². The molecule has 0 fully saturated rings. The van der Waals surface area contributed by atoms with Crippen LogP contribution in [0.4, 0.5) is 31.5 Å². The Morgan fingerprint density at radius 2 is 1.19 bits per heavy atom. The van der Waals surface area contributed by atoms with Gasteiger partial charge in [-0.3, -0.25) is 19.3 Å². The van der Waals surface area contributed by atoms with Crippen molar-refractivity contribution in [2.45, 2.75) is 20.0 Å². The molecule has 1 atom stereocenters. The van der Waals surface area contributed by atoms with Crippen LogP contribution >= 0.6 is 68.4 Å². The zero-order valence-corrected chi connectivity index (χ0v) is 36.3. The molecule has 1 unspecified atom stereocenters. The summed E-state index contributed by atoms with van der Waals surface area (Å²) >= 11 is 16.7. The SMILES string of the molecule is CC(C)(CO)CONC(=O)c1ccc(F)cc1Nc1ccc(I)cc1Cl.O=C(NOCC(O)COc1ccccc1)c1ccc(F)cc1Nc1ccc(I)cc1Cl. The Bertz CT molecular complexity index is 2140. The summed E-state index contributed by atoms with van der Waals surface area (Å²) in [5, 5.41) is 26.0. The van der Waals surface area contributed by atoms with Crippen LogP contribution in [-0.2, 0) is 9.68 Å². The molecule has 57 heavy (non-hydrogen) atoms. The van der Waals surface area contributed by atoms with Crippen molar-refractivity contribution in [3.8, 4) is 5.75 Å². The largest absolute Gasteiger partial charge is 0.491 e. The van der Waals surface area contributed by atoms with Crippen LogP contribution in [0.2, 0.25) is 10.0 Å². The number of rotatable bonds is 16. The minimum absolute atomic E-state index is 0.00541. The second-order valence-electron chi connectivity index (χ2n) is 12.9. The first-order valence-corrected chi connectivity index (χ1v) is 19.9. The summed E-state index contributed by atoms with van der Waals surface area (Å²) in [6.45, 7) is 3.44. The van der Waals surface area contributed by atoms with E-state index in [2.05, 4.69) is 66.8 Å². The summed E-state index contributed by atoms with van der Waals surface area (Å²) in [5.41, 5.74) is 5.96. The molecule has 0 radical (unpaired) electrons. The van der Waals surface area contributed by atoms with Gasteiger partial charge in [0.25, 0.3) is 11.8 Å². The van der Waals surface area contributed by atoms with Gasteiger partial charge in [-0.15, -0.1) is 0 Å². The number of carbonyl (C=O) groups is 2. The number of hydrogen-bond donors (Lipinski definition) is 6. The summed E-state index contributed by atoms with van der Waals surface area (Å²) in [6.07, 6.45) is -0.961.